The van der Waals surface area contributed by atoms with Crippen LogP contribution in [0.4, 0.5) is 11.4 Å². The summed E-state index contributed by atoms with van der Waals surface area (Å²) < 4.78 is 44.8. The van der Waals surface area contributed by atoms with Crippen molar-refractivity contribution in [3.63, 3.8) is 0 Å². The van der Waals surface area contributed by atoms with Gasteiger partial charge in [0.1, 0.15) is 12.3 Å². The van der Waals surface area contributed by atoms with Gasteiger partial charge in [-0.15, -0.1) is 0 Å². The van der Waals surface area contributed by atoms with Gasteiger partial charge in [-0.05, 0) is 80.8 Å². The van der Waals surface area contributed by atoms with Gasteiger partial charge in [-0.3, -0.25) is 0 Å². The van der Waals surface area contributed by atoms with Crippen LogP contribution in [0.5, 0.6) is 5.75 Å². The van der Waals surface area contributed by atoms with Crippen molar-refractivity contribution >= 4 is 49.6 Å². The summed E-state index contributed by atoms with van der Waals surface area (Å²) in [6.45, 7) is 15.0. The lowest BCUT2D eigenvalue weighted by atomic mass is 9.81. The molecule has 50 heavy (non-hydrogen) atoms. The third-order valence-corrected chi connectivity index (χ3v) is 11.9. The second-order valence-corrected chi connectivity index (χ2v) is 18.2. The number of allylic oxidation sites excluding steroid dienone is 6. The Hall–Kier alpha value is -2.68. The average Bonchev–Trinajstić information content (AvgIpc) is 3.39. The second-order valence-electron chi connectivity index (χ2n) is 14.8. The van der Waals surface area contributed by atoms with Gasteiger partial charge in [0.05, 0.1) is 10.3 Å². The van der Waals surface area contributed by atoms with Gasteiger partial charge in [0.2, 0.25) is 16.8 Å². The highest BCUT2D eigenvalue weighted by atomic mass is 35.5. The Morgan fingerprint density at radius 2 is 1.56 bits per heavy atom. The molecule has 2 aliphatic rings. The molecule has 0 bridgehead atoms. The third kappa shape index (κ3) is 9.40. The normalized spacial score (nSPS) is 18.3. The number of sulfone groups is 1. The first kappa shape index (κ1) is 40.1. The molecule has 274 valence electrons. The van der Waals surface area contributed by atoms with Crippen molar-refractivity contribution in [3.8, 4) is 5.75 Å². The van der Waals surface area contributed by atoms with Crippen LogP contribution < -0.4 is 9.08 Å². The number of nitrogens with zero attached hydrogens (tertiary/aromatic N) is 2. The summed E-state index contributed by atoms with van der Waals surface area (Å²) >= 11 is 5.58. The summed E-state index contributed by atoms with van der Waals surface area (Å²) in [6, 6.07) is 11.6. The lowest BCUT2D eigenvalue weighted by Gasteiger charge is -2.27. The zero-order chi connectivity index (χ0) is 36.7. The maximum absolute atomic E-state index is 12.5. The number of anilines is 1. The Bertz CT molecular complexity index is 1790. The van der Waals surface area contributed by atoms with Crippen LogP contribution in [0.2, 0.25) is 0 Å². The number of hydrogen-bond donors (Lipinski definition) is 0. The summed E-state index contributed by atoms with van der Waals surface area (Å²) in [5.41, 5.74) is 5.92. The van der Waals surface area contributed by atoms with Gasteiger partial charge in [0, 0.05) is 65.0 Å². The van der Waals surface area contributed by atoms with Crippen LogP contribution in [0, 0.1) is 0 Å². The molecule has 6 nitrogen and oxygen atoms in total. The molecular formula is C41H58ClN2O4S2+. The molecule has 0 radical (unpaired) electrons. The predicted octanol–water partition coefficient (Wildman–Crippen LogP) is 10.4. The first-order valence-electron chi connectivity index (χ1n) is 18.3. The van der Waals surface area contributed by atoms with Gasteiger partial charge < -0.3 is 9.08 Å². The van der Waals surface area contributed by atoms with Crippen LogP contribution in [-0.2, 0) is 31.7 Å². The molecule has 0 aromatic heterocycles. The van der Waals surface area contributed by atoms with Gasteiger partial charge >= 0.3 is 0 Å². The van der Waals surface area contributed by atoms with Crippen LogP contribution >= 0.6 is 11.6 Å². The molecule has 2 aromatic carbocycles. The van der Waals surface area contributed by atoms with E-state index in [0.717, 1.165) is 66.3 Å². The standard InChI is InChI=1S/C41H58ClN2O4S2/c1-9-11-13-15-17-27-43-36-23-21-32(48-49(7)45)29-34(36)40(3,4)38(43)25-19-31(42)20-26-39-41(5,6)35-30-33(50(8,46)47)22-24-37(35)44(39)28-18-16-14-12-10-2/h19-26,29-30H,9-18,27-28H2,1-8H3/q+1. The molecular weight excluding hydrogens is 684 g/mol. The van der Waals surface area contributed by atoms with Crippen LogP contribution in [0.15, 0.2) is 76.3 Å². The molecule has 0 spiro atoms. The van der Waals surface area contributed by atoms with Gasteiger partial charge in [-0.1, -0.05) is 84.2 Å². The Kier molecular flexibility index (Phi) is 13.8. The fourth-order valence-electron chi connectivity index (χ4n) is 7.33. The summed E-state index contributed by atoms with van der Waals surface area (Å²) in [5.74, 6) is 0.606. The molecule has 4 rings (SSSR count). The van der Waals surface area contributed by atoms with E-state index in [1.54, 1.807) is 6.07 Å². The smallest absolute Gasteiger partial charge is 0.210 e. The highest BCUT2D eigenvalue weighted by Gasteiger charge is 2.45. The van der Waals surface area contributed by atoms with E-state index >= 15 is 0 Å². The van der Waals surface area contributed by atoms with Crippen LogP contribution in [0.1, 0.15) is 117 Å². The van der Waals surface area contributed by atoms with Crippen LogP contribution in [0.3, 0.4) is 0 Å². The number of unbranched alkanes of at least 4 members (excludes halogenated alkanes) is 8. The van der Waals surface area contributed by atoms with E-state index in [4.69, 9.17) is 15.8 Å². The summed E-state index contributed by atoms with van der Waals surface area (Å²) in [7, 11) is -3.34. The fourth-order valence-corrected chi connectivity index (χ4v) is 8.48. The third-order valence-electron chi connectivity index (χ3n) is 10.1. The van der Waals surface area contributed by atoms with Crippen LogP contribution in [-0.4, -0.2) is 48.5 Å². The van der Waals surface area contributed by atoms with Gasteiger partial charge in [-0.2, -0.15) is 4.58 Å². The van der Waals surface area contributed by atoms with Crippen molar-refractivity contribution in [1.82, 2.24) is 0 Å². The molecule has 1 atom stereocenters. The molecule has 0 N–H and O–H groups in total. The SMILES string of the molecule is CCCCCCCN1C(=CC=C(Cl)C=CC2=[N+](CCCCCCC)c3ccc(OS(C)=O)cc3C2(C)C)C(C)(C)c2cc(S(C)(=O)=O)ccc21. The molecule has 0 saturated carbocycles. The molecule has 0 saturated heterocycles. The van der Waals surface area contributed by atoms with E-state index in [1.807, 2.05) is 36.4 Å². The van der Waals surface area contributed by atoms with E-state index in [0.29, 0.717) is 15.7 Å². The summed E-state index contributed by atoms with van der Waals surface area (Å²) in [6.07, 6.45) is 22.8. The van der Waals surface area contributed by atoms with Crippen LogP contribution in [0.25, 0.3) is 0 Å². The van der Waals surface area contributed by atoms with Crippen molar-refractivity contribution in [2.45, 2.75) is 121 Å². The summed E-state index contributed by atoms with van der Waals surface area (Å²) in [5, 5.41) is 0.608. The average molecular weight is 743 g/mol. The van der Waals surface area contributed by atoms with Gasteiger partial charge in [0.15, 0.2) is 15.5 Å². The molecule has 0 amide bonds. The van der Waals surface area contributed by atoms with Gasteiger partial charge in [0.25, 0.3) is 0 Å². The van der Waals surface area contributed by atoms with Crippen molar-refractivity contribution in [2.24, 2.45) is 0 Å². The zero-order valence-electron chi connectivity index (χ0n) is 31.5. The number of fused-ring (bicyclic) bond motifs is 2. The quantitative estimate of drug-likeness (QED) is 0.0865. The molecule has 2 aliphatic heterocycles. The first-order valence-corrected chi connectivity index (χ1v) is 22.1. The van der Waals surface area contributed by atoms with Gasteiger partial charge in [-0.25, -0.2) is 12.6 Å². The first-order chi connectivity index (χ1) is 23.6. The number of benzene rings is 2. The molecule has 2 aromatic rings. The Labute approximate surface area is 309 Å². The molecule has 0 aliphatic carbocycles. The molecule has 0 fully saturated rings. The number of halogens is 1. The highest BCUT2D eigenvalue weighted by molar-refractivity contribution is 7.90. The molecule has 9 heteroatoms. The van der Waals surface area contributed by atoms with Crippen molar-refractivity contribution in [2.75, 3.05) is 30.5 Å². The largest absolute Gasteiger partial charge is 0.401 e. The number of rotatable bonds is 18. The summed E-state index contributed by atoms with van der Waals surface area (Å²) in [4.78, 5) is 2.70. The lowest BCUT2D eigenvalue weighted by molar-refractivity contribution is -0.438. The van der Waals surface area contributed by atoms with Crippen molar-refractivity contribution in [1.29, 1.82) is 0 Å². The van der Waals surface area contributed by atoms with E-state index in [9.17, 15) is 12.6 Å². The van der Waals surface area contributed by atoms with Crippen molar-refractivity contribution < 1.29 is 21.4 Å². The maximum atomic E-state index is 12.5. The monoisotopic (exact) mass is 741 g/mol. The van der Waals surface area contributed by atoms with E-state index in [1.165, 1.54) is 57.5 Å². The maximum Gasteiger partial charge on any atom is 0.210 e. The Balaban J connectivity index is 1.68. The minimum atomic E-state index is -3.34. The second kappa shape index (κ2) is 17.2. The van der Waals surface area contributed by atoms with E-state index in [-0.39, 0.29) is 5.41 Å². The highest BCUT2D eigenvalue weighted by Crippen LogP contribution is 2.49. The topological polar surface area (TPSA) is 66.7 Å². The van der Waals surface area contributed by atoms with E-state index in [2.05, 4.69) is 69.2 Å². The van der Waals surface area contributed by atoms with E-state index < -0.39 is 26.3 Å². The fraction of sp³-hybridized carbons (Fsp3) is 0.537. The lowest BCUT2D eigenvalue weighted by Crippen LogP contribution is -2.28. The number of hydrogen-bond acceptors (Lipinski definition) is 5. The Morgan fingerprint density at radius 3 is 2.20 bits per heavy atom. The predicted molar refractivity (Wildman–Crippen MR) is 213 cm³/mol. The van der Waals surface area contributed by atoms with Crippen molar-refractivity contribution in [3.05, 3.63) is 82.6 Å². The minimum Gasteiger partial charge on any atom is -0.401 e. The molecule has 1 unspecified atom stereocenters. The Morgan fingerprint density at radius 1 is 0.900 bits per heavy atom. The minimum absolute atomic E-state index is 0.319. The zero-order valence-corrected chi connectivity index (χ0v) is 33.9. The molecule has 2 heterocycles.